The van der Waals surface area contributed by atoms with Crippen molar-refractivity contribution in [1.29, 1.82) is 0 Å². The third kappa shape index (κ3) is 15.5. The summed E-state index contributed by atoms with van der Waals surface area (Å²) in [4.78, 5) is 11.7. The van der Waals surface area contributed by atoms with Crippen molar-refractivity contribution >= 4 is 5.97 Å². The molecule has 8 heteroatoms. The van der Waals surface area contributed by atoms with Gasteiger partial charge in [-0.25, -0.2) is 0 Å². The lowest BCUT2D eigenvalue weighted by Gasteiger charge is -2.28. The van der Waals surface area contributed by atoms with E-state index >= 15 is 0 Å². The number of aliphatic hydroxyl groups is 6. The normalized spacial score (nSPS) is 16.8. The van der Waals surface area contributed by atoms with Gasteiger partial charge in [-0.1, -0.05) is 63.3 Å². The van der Waals surface area contributed by atoms with Gasteiger partial charge in [-0.15, -0.1) is 0 Å². The molecular weight excluding hydrogens is 416 g/mol. The van der Waals surface area contributed by atoms with Gasteiger partial charge in [-0.2, -0.15) is 0 Å². The molecule has 0 aliphatic heterocycles. The van der Waals surface area contributed by atoms with E-state index in [9.17, 15) is 30.3 Å². The molecule has 188 valence electrons. The number of hydrogen-bond donors (Lipinski definition) is 6. The van der Waals surface area contributed by atoms with Crippen molar-refractivity contribution in [2.24, 2.45) is 0 Å². The summed E-state index contributed by atoms with van der Waals surface area (Å²) in [5, 5.41) is 56.5. The smallest absolute Gasteiger partial charge is 0.308 e. The molecule has 0 aromatic heterocycles. The van der Waals surface area contributed by atoms with Crippen LogP contribution in [0.25, 0.3) is 0 Å². The fourth-order valence-electron chi connectivity index (χ4n) is 3.05. The van der Waals surface area contributed by atoms with E-state index in [2.05, 4.69) is 36.0 Å². The molecular formula is C24H44O8. The Balaban J connectivity index is 3.75. The Kier molecular flexibility index (Phi) is 19.5. The minimum atomic E-state index is -2.05. The van der Waals surface area contributed by atoms with Crippen LogP contribution in [0, 0.1) is 0 Å². The van der Waals surface area contributed by atoms with E-state index in [0.717, 1.165) is 44.9 Å². The van der Waals surface area contributed by atoms with Crippen LogP contribution in [0.5, 0.6) is 0 Å². The molecule has 0 saturated heterocycles. The number of rotatable bonds is 20. The van der Waals surface area contributed by atoms with Gasteiger partial charge in [0, 0.05) is 6.42 Å². The van der Waals surface area contributed by atoms with Gasteiger partial charge in [0.25, 0.3) is 0 Å². The molecule has 8 nitrogen and oxygen atoms in total. The van der Waals surface area contributed by atoms with Gasteiger partial charge in [-0.05, 0) is 38.5 Å². The standard InChI is InChI=1S/C24H44O8/c1-2-3-4-5-6-7-8-9-10-11-12-13-14-15-16-17-20(27)32-24(31)23(30)22(29)21(28)19(26)18-25/h6-7,9-10,19,21-26,28-31H,2-5,8,11-18H2,1H3/b7-6-,10-9-/t19-,21+,22+,23+,24?/m0/s1. The molecule has 1 unspecified atom stereocenters. The number of allylic oxidation sites excluding steroid dienone is 4. The molecule has 5 atom stereocenters. The van der Waals surface area contributed by atoms with Crippen LogP contribution in [0.3, 0.4) is 0 Å². The number of carbonyl (C=O) groups is 1. The lowest BCUT2D eigenvalue weighted by atomic mass is 10.0. The molecule has 0 amide bonds. The summed E-state index contributed by atoms with van der Waals surface area (Å²) in [7, 11) is 0. The predicted molar refractivity (Wildman–Crippen MR) is 123 cm³/mol. The zero-order valence-corrected chi connectivity index (χ0v) is 19.4. The molecule has 0 spiro atoms. The first-order valence-electron chi connectivity index (χ1n) is 11.9. The summed E-state index contributed by atoms with van der Waals surface area (Å²) in [6, 6.07) is 0. The molecule has 0 radical (unpaired) electrons. The van der Waals surface area contributed by atoms with Gasteiger partial charge in [-0.3, -0.25) is 4.79 Å². The van der Waals surface area contributed by atoms with Gasteiger partial charge < -0.3 is 35.4 Å². The van der Waals surface area contributed by atoms with Crippen molar-refractivity contribution in [3.63, 3.8) is 0 Å². The first-order valence-corrected chi connectivity index (χ1v) is 11.9. The summed E-state index contributed by atoms with van der Waals surface area (Å²) in [6.07, 6.45) is 10.8. The van der Waals surface area contributed by atoms with Crippen molar-refractivity contribution < 1.29 is 40.2 Å². The zero-order chi connectivity index (χ0) is 24.2. The van der Waals surface area contributed by atoms with E-state index in [4.69, 9.17) is 5.11 Å². The van der Waals surface area contributed by atoms with E-state index < -0.39 is 43.3 Å². The number of unbranched alkanes of at least 4 members (excludes halogenated alkanes) is 8. The van der Waals surface area contributed by atoms with Crippen LogP contribution in [0.2, 0.25) is 0 Å². The highest BCUT2D eigenvalue weighted by Crippen LogP contribution is 2.12. The predicted octanol–water partition coefficient (Wildman–Crippen LogP) is 2.10. The maximum atomic E-state index is 11.7. The Bertz CT molecular complexity index is 508. The van der Waals surface area contributed by atoms with Crippen LogP contribution in [-0.4, -0.2) is 73.9 Å². The average molecular weight is 461 g/mol. The third-order valence-corrected chi connectivity index (χ3v) is 5.16. The SMILES string of the molecule is CCCCC/C=C\C/C=C\CCCCCCCC(=O)OC(O)[C@H](O)[C@H](O)[C@H](O)[C@@H](O)CO. The van der Waals surface area contributed by atoms with Gasteiger partial charge in [0.2, 0.25) is 6.29 Å². The Morgan fingerprint density at radius 2 is 1.31 bits per heavy atom. The van der Waals surface area contributed by atoms with Crippen LogP contribution in [0.4, 0.5) is 0 Å². The monoisotopic (exact) mass is 460 g/mol. The molecule has 0 aliphatic rings. The summed E-state index contributed by atoms with van der Waals surface area (Å²) < 4.78 is 4.65. The molecule has 0 aromatic carbocycles. The quantitative estimate of drug-likeness (QED) is 0.0700. The molecule has 0 aliphatic carbocycles. The van der Waals surface area contributed by atoms with Crippen LogP contribution in [0.15, 0.2) is 24.3 Å². The maximum absolute atomic E-state index is 11.7. The third-order valence-electron chi connectivity index (χ3n) is 5.16. The number of hydrogen-bond acceptors (Lipinski definition) is 8. The summed E-state index contributed by atoms with van der Waals surface area (Å²) in [6.45, 7) is 1.37. The van der Waals surface area contributed by atoms with Crippen molar-refractivity contribution in [2.45, 2.75) is 115 Å². The average Bonchev–Trinajstić information content (AvgIpc) is 2.79. The van der Waals surface area contributed by atoms with E-state index in [1.165, 1.54) is 19.3 Å². The Morgan fingerprint density at radius 1 is 0.750 bits per heavy atom. The maximum Gasteiger partial charge on any atom is 0.308 e. The Labute approximate surface area is 192 Å². The number of aliphatic hydroxyl groups excluding tert-OH is 6. The van der Waals surface area contributed by atoms with E-state index in [-0.39, 0.29) is 6.42 Å². The molecule has 0 saturated carbocycles. The minimum Gasteiger partial charge on any atom is -0.433 e. The van der Waals surface area contributed by atoms with Crippen molar-refractivity contribution in [3.8, 4) is 0 Å². The van der Waals surface area contributed by atoms with Crippen LogP contribution in [0.1, 0.15) is 84.0 Å². The second kappa shape index (κ2) is 20.3. The molecule has 0 fully saturated rings. The van der Waals surface area contributed by atoms with Crippen LogP contribution >= 0.6 is 0 Å². The number of esters is 1. The molecule has 0 heterocycles. The fourth-order valence-corrected chi connectivity index (χ4v) is 3.05. The van der Waals surface area contributed by atoms with Gasteiger partial charge >= 0.3 is 5.97 Å². The Morgan fingerprint density at radius 3 is 1.91 bits per heavy atom. The molecule has 32 heavy (non-hydrogen) atoms. The van der Waals surface area contributed by atoms with E-state index in [0.29, 0.717) is 6.42 Å². The lowest BCUT2D eigenvalue weighted by Crippen LogP contribution is -2.50. The molecule has 0 bridgehead atoms. The largest absolute Gasteiger partial charge is 0.433 e. The van der Waals surface area contributed by atoms with E-state index in [1.807, 2.05) is 0 Å². The number of ether oxygens (including phenoxy) is 1. The summed E-state index contributed by atoms with van der Waals surface area (Å²) >= 11 is 0. The lowest BCUT2D eigenvalue weighted by molar-refractivity contribution is -0.213. The van der Waals surface area contributed by atoms with Gasteiger partial charge in [0.1, 0.15) is 24.4 Å². The van der Waals surface area contributed by atoms with Crippen molar-refractivity contribution in [3.05, 3.63) is 24.3 Å². The molecule has 0 rings (SSSR count). The highest BCUT2D eigenvalue weighted by Gasteiger charge is 2.35. The highest BCUT2D eigenvalue weighted by molar-refractivity contribution is 5.69. The van der Waals surface area contributed by atoms with E-state index in [1.54, 1.807) is 0 Å². The van der Waals surface area contributed by atoms with Gasteiger partial charge in [0.15, 0.2) is 0 Å². The van der Waals surface area contributed by atoms with Gasteiger partial charge in [0.05, 0.1) is 6.61 Å². The number of carbonyl (C=O) groups excluding carboxylic acids is 1. The summed E-state index contributed by atoms with van der Waals surface area (Å²) in [5.74, 6) is -0.730. The van der Waals surface area contributed by atoms with Crippen LogP contribution in [-0.2, 0) is 9.53 Å². The second-order valence-corrected chi connectivity index (χ2v) is 8.08. The minimum absolute atomic E-state index is 0.0617. The molecule has 6 N–H and O–H groups in total. The Hall–Kier alpha value is -1.29. The fraction of sp³-hybridized carbons (Fsp3) is 0.792. The van der Waals surface area contributed by atoms with Crippen LogP contribution < -0.4 is 0 Å². The van der Waals surface area contributed by atoms with Crippen molar-refractivity contribution in [2.75, 3.05) is 6.61 Å². The zero-order valence-electron chi connectivity index (χ0n) is 19.4. The second-order valence-electron chi connectivity index (χ2n) is 8.08. The van der Waals surface area contributed by atoms with Crippen molar-refractivity contribution in [1.82, 2.24) is 0 Å². The topological polar surface area (TPSA) is 148 Å². The highest BCUT2D eigenvalue weighted by atomic mass is 16.6. The first-order chi connectivity index (χ1) is 15.3. The summed E-state index contributed by atoms with van der Waals surface area (Å²) in [5.41, 5.74) is 0. The molecule has 0 aromatic rings. The first kappa shape index (κ1) is 30.7.